The van der Waals surface area contributed by atoms with E-state index in [1.807, 2.05) is 0 Å². The summed E-state index contributed by atoms with van der Waals surface area (Å²) in [6, 6.07) is 15.5. The molecule has 31 heavy (non-hydrogen) atoms. The Morgan fingerprint density at radius 2 is 1.23 bits per heavy atom. The Balaban J connectivity index is 1.47. The third-order valence-corrected chi connectivity index (χ3v) is 4.62. The zero-order chi connectivity index (χ0) is 22.4. The summed E-state index contributed by atoms with van der Waals surface area (Å²) < 4.78 is 51.8. The SMILES string of the molecule is Oc1cc(Cl)c(OCCCOc2ccc(-c3ccc(OC(F)(F)F)cc3)cc2)c(Cl)c1. The maximum atomic E-state index is 12.2. The summed E-state index contributed by atoms with van der Waals surface area (Å²) in [6.07, 6.45) is -4.15. The molecule has 0 atom stereocenters. The summed E-state index contributed by atoms with van der Waals surface area (Å²) in [4.78, 5) is 0. The lowest BCUT2D eigenvalue weighted by Crippen LogP contribution is -2.16. The lowest BCUT2D eigenvalue weighted by Gasteiger charge is -2.11. The van der Waals surface area contributed by atoms with Gasteiger partial charge in [0.1, 0.15) is 17.2 Å². The van der Waals surface area contributed by atoms with Crippen LogP contribution in [0.2, 0.25) is 10.0 Å². The fourth-order valence-electron chi connectivity index (χ4n) is 2.70. The van der Waals surface area contributed by atoms with Crippen molar-refractivity contribution in [3.8, 4) is 34.1 Å². The molecule has 3 aromatic rings. The number of rotatable bonds is 8. The monoisotopic (exact) mass is 472 g/mol. The van der Waals surface area contributed by atoms with Crippen LogP contribution in [0.25, 0.3) is 11.1 Å². The Hall–Kier alpha value is -2.77. The first-order chi connectivity index (χ1) is 14.7. The summed E-state index contributed by atoms with van der Waals surface area (Å²) in [5.41, 5.74) is 1.57. The number of halogens is 5. The van der Waals surface area contributed by atoms with Gasteiger partial charge in [-0.25, -0.2) is 0 Å². The average molecular weight is 473 g/mol. The van der Waals surface area contributed by atoms with Crippen molar-refractivity contribution in [2.75, 3.05) is 13.2 Å². The molecule has 3 rings (SSSR count). The molecule has 0 heterocycles. The van der Waals surface area contributed by atoms with Crippen molar-refractivity contribution >= 4 is 23.2 Å². The average Bonchev–Trinajstić information content (AvgIpc) is 2.69. The summed E-state index contributed by atoms with van der Waals surface area (Å²) in [7, 11) is 0. The molecule has 0 aliphatic rings. The van der Waals surface area contributed by atoms with Gasteiger partial charge in [-0.1, -0.05) is 47.5 Å². The number of aromatic hydroxyl groups is 1. The van der Waals surface area contributed by atoms with Gasteiger partial charge in [0.2, 0.25) is 0 Å². The molecule has 3 aromatic carbocycles. The van der Waals surface area contributed by atoms with Gasteiger partial charge in [-0.05, 0) is 35.4 Å². The van der Waals surface area contributed by atoms with Crippen molar-refractivity contribution in [2.24, 2.45) is 0 Å². The molecule has 0 unspecified atom stereocenters. The Morgan fingerprint density at radius 3 is 1.74 bits per heavy atom. The third-order valence-electron chi connectivity index (χ3n) is 4.06. The van der Waals surface area contributed by atoms with Gasteiger partial charge in [-0.2, -0.15) is 0 Å². The van der Waals surface area contributed by atoms with Crippen LogP contribution < -0.4 is 14.2 Å². The van der Waals surface area contributed by atoms with Crippen LogP contribution in [0.15, 0.2) is 60.7 Å². The van der Waals surface area contributed by atoms with Gasteiger partial charge >= 0.3 is 6.36 Å². The summed E-state index contributed by atoms with van der Waals surface area (Å²) in [5.74, 6) is 0.631. The van der Waals surface area contributed by atoms with E-state index in [2.05, 4.69) is 4.74 Å². The van der Waals surface area contributed by atoms with E-state index >= 15 is 0 Å². The number of alkyl halides is 3. The molecule has 0 amide bonds. The van der Waals surface area contributed by atoms with E-state index in [0.29, 0.717) is 31.1 Å². The van der Waals surface area contributed by atoms with E-state index in [-0.39, 0.29) is 21.5 Å². The van der Waals surface area contributed by atoms with Gasteiger partial charge in [0.25, 0.3) is 0 Å². The van der Waals surface area contributed by atoms with E-state index in [9.17, 15) is 18.3 Å². The number of hydrogen-bond donors (Lipinski definition) is 1. The lowest BCUT2D eigenvalue weighted by molar-refractivity contribution is -0.274. The van der Waals surface area contributed by atoms with Gasteiger partial charge < -0.3 is 19.3 Å². The van der Waals surface area contributed by atoms with Crippen LogP contribution in [-0.4, -0.2) is 24.7 Å². The van der Waals surface area contributed by atoms with E-state index < -0.39 is 6.36 Å². The molecule has 1 N–H and O–H groups in total. The van der Waals surface area contributed by atoms with Crippen LogP contribution in [0.1, 0.15) is 6.42 Å². The molecule has 0 aliphatic heterocycles. The molecular formula is C22H17Cl2F3O4. The molecule has 0 saturated carbocycles. The summed E-state index contributed by atoms with van der Waals surface area (Å²) in [5, 5.41) is 9.85. The molecule has 4 nitrogen and oxygen atoms in total. The second-order valence-corrected chi connectivity index (χ2v) is 7.20. The number of phenolic OH excluding ortho intramolecular Hbond substituents is 1. The minimum Gasteiger partial charge on any atom is -0.508 e. The molecule has 0 saturated heterocycles. The minimum atomic E-state index is -4.71. The van der Waals surface area contributed by atoms with Crippen molar-refractivity contribution < 1.29 is 32.5 Å². The molecule has 164 valence electrons. The molecule has 0 bridgehead atoms. The predicted molar refractivity (Wildman–Crippen MR) is 112 cm³/mol. The molecule has 0 aromatic heterocycles. The van der Waals surface area contributed by atoms with Crippen molar-refractivity contribution in [2.45, 2.75) is 12.8 Å². The van der Waals surface area contributed by atoms with Crippen molar-refractivity contribution in [3.05, 3.63) is 70.7 Å². The van der Waals surface area contributed by atoms with Crippen LogP contribution in [0.5, 0.6) is 23.0 Å². The molecular weight excluding hydrogens is 456 g/mol. The summed E-state index contributed by atoms with van der Waals surface area (Å²) in [6.45, 7) is 0.699. The highest BCUT2D eigenvalue weighted by Gasteiger charge is 2.30. The van der Waals surface area contributed by atoms with Crippen LogP contribution >= 0.6 is 23.2 Å². The minimum absolute atomic E-state index is 0.0419. The Bertz CT molecular complexity index is 984. The maximum Gasteiger partial charge on any atom is 0.573 e. The van der Waals surface area contributed by atoms with Crippen LogP contribution in [0.3, 0.4) is 0 Å². The van der Waals surface area contributed by atoms with E-state index in [4.69, 9.17) is 32.7 Å². The number of phenols is 1. The lowest BCUT2D eigenvalue weighted by atomic mass is 10.1. The van der Waals surface area contributed by atoms with Crippen molar-refractivity contribution in [1.29, 1.82) is 0 Å². The fourth-order valence-corrected chi connectivity index (χ4v) is 3.28. The fraction of sp³-hybridized carbons (Fsp3) is 0.182. The zero-order valence-electron chi connectivity index (χ0n) is 16.0. The predicted octanol–water partition coefficient (Wildman–Crippen LogP) is 7.11. The Kier molecular flexibility index (Phi) is 7.41. The molecule has 0 radical (unpaired) electrons. The zero-order valence-corrected chi connectivity index (χ0v) is 17.5. The first kappa shape index (κ1) is 22.9. The maximum absolute atomic E-state index is 12.2. The highest BCUT2D eigenvalue weighted by atomic mass is 35.5. The second-order valence-electron chi connectivity index (χ2n) is 6.39. The number of hydrogen-bond acceptors (Lipinski definition) is 4. The molecule has 0 spiro atoms. The number of ether oxygens (including phenoxy) is 3. The van der Waals surface area contributed by atoms with Crippen LogP contribution in [0.4, 0.5) is 13.2 Å². The van der Waals surface area contributed by atoms with Gasteiger partial charge in [0, 0.05) is 18.6 Å². The van der Waals surface area contributed by atoms with Crippen molar-refractivity contribution in [3.63, 3.8) is 0 Å². The number of benzene rings is 3. The Morgan fingerprint density at radius 1 is 0.742 bits per heavy atom. The van der Waals surface area contributed by atoms with Crippen LogP contribution in [-0.2, 0) is 0 Å². The first-order valence-corrected chi connectivity index (χ1v) is 9.87. The van der Waals surface area contributed by atoms with E-state index in [1.54, 1.807) is 36.4 Å². The third kappa shape index (κ3) is 6.87. The standard InChI is InChI=1S/C22H17Cl2F3O4/c23-19-12-16(28)13-20(24)21(19)30-11-1-10-29-17-6-2-14(3-7-17)15-4-8-18(9-5-15)31-22(25,26)27/h2-9,12-13,28H,1,10-11H2. The second kappa shape index (κ2) is 10.0. The quantitative estimate of drug-likeness (QED) is 0.354. The van der Waals surface area contributed by atoms with Gasteiger partial charge in [0.15, 0.2) is 5.75 Å². The normalized spacial score (nSPS) is 11.3. The molecule has 0 fully saturated rings. The highest BCUT2D eigenvalue weighted by molar-refractivity contribution is 6.37. The highest BCUT2D eigenvalue weighted by Crippen LogP contribution is 2.36. The molecule has 0 aliphatic carbocycles. The Labute approximate surface area is 186 Å². The van der Waals surface area contributed by atoms with Gasteiger partial charge in [-0.3, -0.25) is 0 Å². The summed E-state index contributed by atoms with van der Waals surface area (Å²) >= 11 is 12.0. The van der Waals surface area contributed by atoms with Gasteiger partial charge in [-0.15, -0.1) is 13.2 Å². The van der Waals surface area contributed by atoms with Crippen LogP contribution in [0, 0.1) is 0 Å². The molecule has 9 heteroatoms. The van der Waals surface area contributed by atoms with E-state index in [1.165, 1.54) is 24.3 Å². The largest absolute Gasteiger partial charge is 0.573 e. The van der Waals surface area contributed by atoms with E-state index in [0.717, 1.165) is 11.1 Å². The van der Waals surface area contributed by atoms with Gasteiger partial charge in [0.05, 0.1) is 23.3 Å². The van der Waals surface area contributed by atoms with Crippen molar-refractivity contribution in [1.82, 2.24) is 0 Å². The smallest absolute Gasteiger partial charge is 0.508 e. The first-order valence-electron chi connectivity index (χ1n) is 9.11. The topological polar surface area (TPSA) is 47.9 Å².